The molecule has 3 heteroatoms. The highest BCUT2D eigenvalue weighted by molar-refractivity contribution is 5.06. The molecule has 0 aliphatic heterocycles. The maximum atomic E-state index is 5.64. The van der Waals surface area contributed by atoms with E-state index in [1.165, 1.54) is 0 Å². The van der Waals surface area contributed by atoms with Crippen LogP contribution in [0.3, 0.4) is 0 Å². The topological polar surface area (TPSA) is 28.4 Å². The minimum absolute atomic E-state index is 0.498. The Balaban J connectivity index is 2.42. The van der Waals surface area contributed by atoms with Crippen molar-refractivity contribution in [1.29, 1.82) is 0 Å². The third-order valence-electron chi connectivity index (χ3n) is 1.87. The second kappa shape index (κ2) is 5.17. The normalized spacial score (nSPS) is 11.6. The van der Waals surface area contributed by atoms with E-state index >= 15 is 0 Å². The van der Waals surface area contributed by atoms with Crippen LogP contribution in [-0.2, 0) is 13.1 Å². The smallest absolute Gasteiger partial charge is 0.118 e. The summed E-state index contributed by atoms with van der Waals surface area (Å²) in [4.78, 5) is 2.10. The SMILES string of the molecule is CC(C)NCc1ccc(CN(C)C)o1. The quantitative estimate of drug-likeness (QED) is 0.779. The van der Waals surface area contributed by atoms with Crippen molar-refractivity contribution in [3.8, 4) is 0 Å². The molecule has 0 saturated heterocycles. The molecule has 0 aliphatic carbocycles. The van der Waals surface area contributed by atoms with Gasteiger partial charge in [-0.15, -0.1) is 0 Å². The number of furan rings is 1. The molecule has 0 unspecified atom stereocenters. The molecule has 14 heavy (non-hydrogen) atoms. The Hall–Kier alpha value is -0.800. The zero-order valence-corrected chi connectivity index (χ0v) is 9.50. The molecule has 0 spiro atoms. The lowest BCUT2D eigenvalue weighted by molar-refractivity contribution is 0.337. The summed E-state index contributed by atoms with van der Waals surface area (Å²) in [7, 11) is 4.07. The van der Waals surface area contributed by atoms with E-state index in [4.69, 9.17) is 4.42 Å². The van der Waals surface area contributed by atoms with Crippen LogP contribution in [0.4, 0.5) is 0 Å². The van der Waals surface area contributed by atoms with Crippen molar-refractivity contribution >= 4 is 0 Å². The summed E-state index contributed by atoms with van der Waals surface area (Å²) in [5.74, 6) is 2.03. The van der Waals surface area contributed by atoms with Crippen molar-refractivity contribution in [2.24, 2.45) is 0 Å². The molecule has 0 aliphatic rings. The fraction of sp³-hybridized carbons (Fsp3) is 0.636. The predicted octanol–water partition coefficient (Wildman–Crippen LogP) is 1.84. The van der Waals surface area contributed by atoms with Gasteiger partial charge in [-0.2, -0.15) is 0 Å². The minimum Gasteiger partial charge on any atom is -0.463 e. The summed E-state index contributed by atoms with van der Waals surface area (Å²) in [6.45, 7) is 5.93. The van der Waals surface area contributed by atoms with Crippen LogP contribution in [0.5, 0.6) is 0 Å². The molecule has 1 aromatic rings. The minimum atomic E-state index is 0.498. The fourth-order valence-electron chi connectivity index (χ4n) is 1.22. The Kier molecular flexibility index (Phi) is 4.17. The summed E-state index contributed by atoms with van der Waals surface area (Å²) in [6, 6.07) is 4.57. The lowest BCUT2D eigenvalue weighted by Gasteiger charge is -2.07. The van der Waals surface area contributed by atoms with Gasteiger partial charge in [0.15, 0.2) is 0 Å². The summed E-state index contributed by atoms with van der Waals surface area (Å²) in [6.07, 6.45) is 0. The van der Waals surface area contributed by atoms with Gasteiger partial charge < -0.3 is 14.6 Å². The molecular weight excluding hydrogens is 176 g/mol. The Bertz CT molecular complexity index is 266. The molecular formula is C11H20N2O. The first kappa shape index (κ1) is 11.3. The highest BCUT2D eigenvalue weighted by Gasteiger charge is 2.03. The molecule has 1 N–H and O–H groups in total. The summed E-state index contributed by atoms with van der Waals surface area (Å²) >= 11 is 0. The van der Waals surface area contributed by atoms with E-state index in [1.54, 1.807) is 0 Å². The summed E-state index contributed by atoms with van der Waals surface area (Å²) < 4.78 is 5.64. The molecule has 3 nitrogen and oxygen atoms in total. The Morgan fingerprint density at radius 3 is 2.50 bits per heavy atom. The van der Waals surface area contributed by atoms with Crippen molar-refractivity contribution in [2.75, 3.05) is 14.1 Å². The highest BCUT2D eigenvalue weighted by Crippen LogP contribution is 2.09. The van der Waals surface area contributed by atoms with Crippen LogP contribution in [0.1, 0.15) is 25.4 Å². The number of hydrogen-bond acceptors (Lipinski definition) is 3. The van der Waals surface area contributed by atoms with Crippen LogP contribution in [0.15, 0.2) is 16.5 Å². The molecule has 1 aromatic heterocycles. The van der Waals surface area contributed by atoms with E-state index in [2.05, 4.69) is 24.1 Å². The fourth-order valence-corrected chi connectivity index (χ4v) is 1.22. The first-order valence-electron chi connectivity index (χ1n) is 5.03. The second-order valence-corrected chi connectivity index (χ2v) is 4.14. The van der Waals surface area contributed by atoms with Gasteiger partial charge in [0.2, 0.25) is 0 Å². The van der Waals surface area contributed by atoms with E-state index in [9.17, 15) is 0 Å². The maximum Gasteiger partial charge on any atom is 0.118 e. The van der Waals surface area contributed by atoms with E-state index in [0.29, 0.717) is 6.04 Å². The van der Waals surface area contributed by atoms with Crippen molar-refractivity contribution < 1.29 is 4.42 Å². The molecule has 0 amide bonds. The molecule has 1 rings (SSSR count). The van der Waals surface area contributed by atoms with Crippen LogP contribution < -0.4 is 5.32 Å². The van der Waals surface area contributed by atoms with Gasteiger partial charge >= 0.3 is 0 Å². The molecule has 0 radical (unpaired) electrons. The Morgan fingerprint density at radius 2 is 1.93 bits per heavy atom. The predicted molar refractivity (Wildman–Crippen MR) is 58.1 cm³/mol. The van der Waals surface area contributed by atoms with E-state index < -0.39 is 0 Å². The van der Waals surface area contributed by atoms with Crippen LogP contribution in [0.2, 0.25) is 0 Å². The van der Waals surface area contributed by atoms with E-state index in [1.807, 2.05) is 26.2 Å². The van der Waals surface area contributed by atoms with Crippen LogP contribution >= 0.6 is 0 Å². The third-order valence-corrected chi connectivity index (χ3v) is 1.87. The monoisotopic (exact) mass is 196 g/mol. The lowest BCUT2D eigenvalue weighted by atomic mass is 10.3. The average molecular weight is 196 g/mol. The second-order valence-electron chi connectivity index (χ2n) is 4.14. The van der Waals surface area contributed by atoms with Crippen LogP contribution in [0, 0.1) is 0 Å². The maximum absolute atomic E-state index is 5.64. The third kappa shape index (κ3) is 3.94. The number of rotatable bonds is 5. The van der Waals surface area contributed by atoms with Crippen LogP contribution in [0.25, 0.3) is 0 Å². The van der Waals surface area contributed by atoms with Gasteiger partial charge in [0.1, 0.15) is 11.5 Å². The van der Waals surface area contributed by atoms with Crippen LogP contribution in [-0.4, -0.2) is 25.0 Å². The summed E-state index contributed by atoms with van der Waals surface area (Å²) in [5.41, 5.74) is 0. The van der Waals surface area contributed by atoms with Crippen molar-refractivity contribution in [3.63, 3.8) is 0 Å². The van der Waals surface area contributed by atoms with Gasteiger partial charge in [0.05, 0.1) is 13.1 Å². The summed E-state index contributed by atoms with van der Waals surface area (Å²) in [5, 5.41) is 3.32. The molecule has 0 fully saturated rings. The highest BCUT2D eigenvalue weighted by atomic mass is 16.3. The van der Waals surface area contributed by atoms with Crippen molar-refractivity contribution in [3.05, 3.63) is 23.7 Å². The van der Waals surface area contributed by atoms with Gasteiger partial charge in [-0.3, -0.25) is 0 Å². The van der Waals surface area contributed by atoms with Crippen molar-refractivity contribution in [2.45, 2.75) is 33.0 Å². The molecule has 0 saturated carbocycles. The molecule has 0 aromatic carbocycles. The molecule has 0 bridgehead atoms. The number of nitrogens with one attached hydrogen (secondary N) is 1. The van der Waals surface area contributed by atoms with Gasteiger partial charge in [0.25, 0.3) is 0 Å². The van der Waals surface area contributed by atoms with Gasteiger partial charge in [-0.25, -0.2) is 0 Å². The number of nitrogens with zero attached hydrogens (tertiary/aromatic N) is 1. The largest absolute Gasteiger partial charge is 0.463 e. The molecule has 1 heterocycles. The first-order chi connectivity index (χ1) is 6.58. The first-order valence-corrected chi connectivity index (χ1v) is 5.03. The van der Waals surface area contributed by atoms with E-state index in [0.717, 1.165) is 24.6 Å². The standard InChI is InChI=1S/C11H20N2O/c1-9(2)12-7-10-5-6-11(14-10)8-13(3)4/h5-6,9,12H,7-8H2,1-4H3. The average Bonchev–Trinajstić information content (AvgIpc) is 2.47. The number of hydrogen-bond donors (Lipinski definition) is 1. The van der Waals surface area contributed by atoms with Gasteiger partial charge in [-0.05, 0) is 26.2 Å². The van der Waals surface area contributed by atoms with Gasteiger partial charge in [-0.1, -0.05) is 13.8 Å². The molecule has 0 atom stereocenters. The Morgan fingerprint density at radius 1 is 1.29 bits per heavy atom. The zero-order chi connectivity index (χ0) is 10.6. The zero-order valence-electron chi connectivity index (χ0n) is 9.50. The Labute approximate surface area is 86.1 Å². The van der Waals surface area contributed by atoms with Crippen molar-refractivity contribution in [1.82, 2.24) is 10.2 Å². The lowest BCUT2D eigenvalue weighted by Crippen LogP contribution is -2.21. The van der Waals surface area contributed by atoms with Gasteiger partial charge in [0, 0.05) is 6.04 Å². The molecule has 80 valence electrons. The van der Waals surface area contributed by atoms with E-state index in [-0.39, 0.29) is 0 Å².